The standard InChI is InChI=1S/C21H25N5/c1-3-4-7-16-10-12-17(13-11-16)14-23-20(22)26-21-24-15(2)18-8-5-6-9-19(18)25-21/h5-6,8-13H,3-4,7,14H2,1-2H3,(H3,22,23,24,25,26). The molecule has 1 heterocycles. The number of benzene rings is 2. The van der Waals surface area contributed by atoms with Crippen LogP contribution in [0, 0.1) is 6.92 Å². The second-order valence-electron chi connectivity index (χ2n) is 6.40. The Bertz CT molecular complexity index is 900. The van der Waals surface area contributed by atoms with Crippen molar-refractivity contribution in [3.05, 3.63) is 65.4 Å². The third-order valence-electron chi connectivity index (χ3n) is 4.31. The smallest absolute Gasteiger partial charge is 0.230 e. The first-order valence-corrected chi connectivity index (χ1v) is 9.04. The minimum absolute atomic E-state index is 0.315. The van der Waals surface area contributed by atoms with E-state index in [1.165, 1.54) is 18.4 Å². The van der Waals surface area contributed by atoms with E-state index in [9.17, 15) is 0 Å². The molecule has 5 nitrogen and oxygen atoms in total. The van der Waals surface area contributed by atoms with Gasteiger partial charge in [-0.05, 0) is 37.0 Å². The lowest BCUT2D eigenvalue weighted by Gasteiger charge is -2.07. The van der Waals surface area contributed by atoms with E-state index in [1.807, 2.05) is 31.2 Å². The number of aryl methyl sites for hydroxylation is 2. The number of aliphatic imine (C=N–C) groups is 1. The fourth-order valence-electron chi connectivity index (χ4n) is 2.81. The first-order valence-electron chi connectivity index (χ1n) is 9.04. The number of nitrogens with two attached hydrogens (primary N) is 1. The SMILES string of the molecule is CCCCc1ccc(CN=C(N)Nc2nc(C)c3ccccc3n2)cc1. The maximum Gasteiger partial charge on any atom is 0.230 e. The maximum absolute atomic E-state index is 6.00. The largest absolute Gasteiger partial charge is 0.370 e. The number of para-hydroxylation sites is 1. The summed E-state index contributed by atoms with van der Waals surface area (Å²) in [5, 5.41) is 4.03. The van der Waals surface area contributed by atoms with Gasteiger partial charge in [0.1, 0.15) is 0 Å². The number of fused-ring (bicyclic) bond motifs is 1. The number of guanidine groups is 1. The fourth-order valence-corrected chi connectivity index (χ4v) is 2.81. The lowest BCUT2D eigenvalue weighted by Crippen LogP contribution is -2.24. The van der Waals surface area contributed by atoms with Crippen LogP contribution in [0.25, 0.3) is 10.9 Å². The normalized spacial score (nSPS) is 11.7. The Labute approximate surface area is 154 Å². The Balaban J connectivity index is 1.65. The van der Waals surface area contributed by atoms with Crippen molar-refractivity contribution in [2.24, 2.45) is 10.7 Å². The monoisotopic (exact) mass is 347 g/mol. The van der Waals surface area contributed by atoms with Gasteiger partial charge >= 0.3 is 0 Å². The van der Waals surface area contributed by atoms with Crippen molar-refractivity contribution in [2.45, 2.75) is 39.7 Å². The molecule has 0 aliphatic carbocycles. The van der Waals surface area contributed by atoms with E-state index in [1.54, 1.807) is 0 Å². The molecule has 0 aliphatic heterocycles. The fraction of sp³-hybridized carbons (Fsp3) is 0.286. The third kappa shape index (κ3) is 4.57. The van der Waals surface area contributed by atoms with Crippen molar-refractivity contribution in [3.8, 4) is 0 Å². The molecule has 0 spiro atoms. The summed E-state index contributed by atoms with van der Waals surface area (Å²) in [5.74, 6) is 0.784. The lowest BCUT2D eigenvalue weighted by molar-refractivity contribution is 0.794. The Hall–Kier alpha value is -2.95. The number of aromatic nitrogens is 2. The van der Waals surface area contributed by atoms with Gasteiger partial charge in [-0.25, -0.2) is 15.0 Å². The molecule has 2 aromatic carbocycles. The molecule has 0 saturated carbocycles. The Morgan fingerprint density at radius 2 is 1.77 bits per heavy atom. The van der Waals surface area contributed by atoms with Crippen molar-refractivity contribution in [1.82, 2.24) is 9.97 Å². The Morgan fingerprint density at radius 3 is 2.54 bits per heavy atom. The quantitative estimate of drug-likeness (QED) is 0.517. The van der Waals surface area contributed by atoms with E-state index in [4.69, 9.17) is 5.73 Å². The molecule has 0 aliphatic rings. The predicted molar refractivity (Wildman–Crippen MR) is 108 cm³/mol. The number of hydrogen-bond acceptors (Lipinski definition) is 3. The summed E-state index contributed by atoms with van der Waals surface area (Å²) in [6, 6.07) is 16.5. The molecule has 0 fully saturated rings. The van der Waals surface area contributed by atoms with E-state index >= 15 is 0 Å². The number of hydrogen-bond donors (Lipinski definition) is 2. The maximum atomic E-state index is 6.00. The zero-order chi connectivity index (χ0) is 18.4. The highest BCUT2D eigenvalue weighted by molar-refractivity contribution is 5.92. The molecule has 134 valence electrons. The Kier molecular flexibility index (Phi) is 5.79. The van der Waals surface area contributed by atoms with E-state index in [2.05, 4.69) is 51.5 Å². The molecule has 0 atom stereocenters. The number of anilines is 1. The first kappa shape index (κ1) is 17.9. The van der Waals surface area contributed by atoms with Gasteiger partial charge in [0.05, 0.1) is 17.8 Å². The minimum Gasteiger partial charge on any atom is -0.370 e. The topological polar surface area (TPSA) is 76.2 Å². The molecule has 26 heavy (non-hydrogen) atoms. The molecule has 1 aromatic heterocycles. The molecule has 0 saturated heterocycles. The van der Waals surface area contributed by atoms with E-state index in [-0.39, 0.29) is 0 Å². The molecule has 0 unspecified atom stereocenters. The van der Waals surface area contributed by atoms with Gasteiger partial charge in [-0.3, -0.25) is 5.32 Å². The minimum atomic E-state index is 0.315. The van der Waals surface area contributed by atoms with Gasteiger partial charge < -0.3 is 5.73 Å². The Morgan fingerprint density at radius 1 is 1.04 bits per heavy atom. The number of nitrogens with one attached hydrogen (secondary N) is 1. The van der Waals surface area contributed by atoms with Crippen molar-refractivity contribution in [3.63, 3.8) is 0 Å². The summed E-state index contributed by atoms with van der Waals surface area (Å²) < 4.78 is 0. The summed E-state index contributed by atoms with van der Waals surface area (Å²) in [6.07, 6.45) is 3.56. The zero-order valence-electron chi connectivity index (χ0n) is 15.4. The van der Waals surface area contributed by atoms with Gasteiger partial charge in [0.25, 0.3) is 0 Å². The van der Waals surface area contributed by atoms with Crippen molar-refractivity contribution in [2.75, 3.05) is 5.32 Å². The van der Waals surface area contributed by atoms with E-state index < -0.39 is 0 Å². The van der Waals surface area contributed by atoms with Crippen molar-refractivity contribution >= 4 is 22.8 Å². The molecule has 3 N–H and O–H groups in total. The molecule has 5 heteroatoms. The van der Waals surface area contributed by atoms with Crippen LogP contribution >= 0.6 is 0 Å². The molecule has 3 aromatic rings. The van der Waals surface area contributed by atoms with Crippen LogP contribution < -0.4 is 11.1 Å². The summed E-state index contributed by atoms with van der Waals surface area (Å²) >= 11 is 0. The highest BCUT2D eigenvalue weighted by Gasteiger charge is 2.05. The van der Waals surface area contributed by atoms with Crippen LogP contribution in [0.15, 0.2) is 53.5 Å². The van der Waals surface area contributed by atoms with Crippen LogP contribution in [-0.4, -0.2) is 15.9 Å². The zero-order valence-corrected chi connectivity index (χ0v) is 15.4. The first-order chi connectivity index (χ1) is 12.7. The summed E-state index contributed by atoms with van der Waals surface area (Å²) in [7, 11) is 0. The second-order valence-corrected chi connectivity index (χ2v) is 6.40. The predicted octanol–water partition coefficient (Wildman–Crippen LogP) is 4.21. The van der Waals surface area contributed by atoms with E-state index in [0.29, 0.717) is 18.5 Å². The molecule has 0 amide bonds. The second kappa shape index (κ2) is 8.43. The van der Waals surface area contributed by atoms with Crippen molar-refractivity contribution in [1.29, 1.82) is 0 Å². The van der Waals surface area contributed by atoms with Gasteiger partial charge in [0, 0.05) is 5.39 Å². The highest BCUT2D eigenvalue weighted by Crippen LogP contribution is 2.16. The van der Waals surface area contributed by atoms with E-state index in [0.717, 1.165) is 28.6 Å². The number of unbranched alkanes of at least 4 members (excludes halogenated alkanes) is 1. The van der Waals surface area contributed by atoms with Gasteiger partial charge in [0.2, 0.25) is 5.95 Å². The molecule has 0 radical (unpaired) electrons. The van der Waals surface area contributed by atoms with Gasteiger partial charge in [0.15, 0.2) is 5.96 Å². The van der Waals surface area contributed by atoms with Crippen LogP contribution in [0.4, 0.5) is 5.95 Å². The number of nitrogens with zero attached hydrogens (tertiary/aromatic N) is 3. The van der Waals surface area contributed by atoms with Crippen LogP contribution in [-0.2, 0) is 13.0 Å². The van der Waals surface area contributed by atoms with Crippen LogP contribution in [0.5, 0.6) is 0 Å². The van der Waals surface area contributed by atoms with Crippen LogP contribution in [0.1, 0.15) is 36.6 Å². The lowest BCUT2D eigenvalue weighted by atomic mass is 10.1. The number of rotatable bonds is 6. The molecule has 3 rings (SSSR count). The summed E-state index contributed by atoms with van der Waals surface area (Å²) in [6.45, 7) is 4.70. The molecule has 0 bridgehead atoms. The summed E-state index contributed by atoms with van der Waals surface area (Å²) in [5.41, 5.74) is 10.3. The average Bonchev–Trinajstić information content (AvgIpc) is 2.65. The van der Waals surface area contributed by atoms with Crippen LogP contribution in [0.2, 0.25) is 0 Å². The highest BCUT2D eigenvalue weighted by atomic mass is 15.2. The average molecular weight is 347 g/mol. The third-order valence-corrected chi connectivity index (χ3v) is 4.31. The van der Waals surface area contributed by atoms with Crippen LogP contribution in [0.3, 0.4) is 0 Å². The van der Waals surface area contributed by atoms with Gasteiger partial charge in [-0.15, -0.1) is 0 Å². The molecular weight excluding hydrogens is 322 g/mol. The molecular formula is C21H25N5. The van der Waals surface area contributed by atoms with Crippen molar-refractivity contribution < 1.29 is 0 Å². The summed E-state index contributed by atoms with van der Waals surface area (Å²) in [4.78, 5) is 13.3. The van der Waals surface area contributed by atoms with Gasteiger partial charge in [-0.1, -0.05) is 55.8 Å². The van der Waals surface area contributed by atoms with Gasteiger partial charge in [-0.2, -0.15) is 0 Å².